The quantitative estimate of drug-likeness (QED) is 0.280. The number of carbonyl (C=O) groups excluding carboxylic acids is 2. The van der Waals surface area contributed by atoms with E-state index in [2.05, 4.69) is 6.92 Å². The average Bonchev–Trinajstić information content (AvgIpc) is 2.62. The Morgan fingerprint density at radius 3 is 2.04 bits per heavy atom. The Labute approximate surface area is 151 Å². The first kappa shape index (κ1) is 21.2. The first-order valence-corrected chi connectivity index (χ1v) is 9.65. The lowest BCUT2D eigenvalue weighted by Gasteiger charge is -2.14. The van der Waals surface area contributed by atoms with E-state index in [1.807, 2.05) is 12.1 Å². The van der Waals surface area contributed by atoms with Crippen molar-refractivity contribution in [2.24, 2.45) is 0 Å². The molecule has 0 aliphatic heterocycles. The highest BCUT2D eigenvalue weighted by atomic mass is 16.6. The van der Waals surface area contributed by atoms with E-state index in [-0.39, 0.29) is 24.8 Å². The molecule has 140 valence electrons. The van der Waals surface area contributed by atoms with Gasteiger partial charge in [0.25, 0.3) is 0 Å². The van der Waals surface area contributed by atoms with E-state index in [9.17, 15) is 9.59 Å². The number of unbranched alkanes of at least 4 members (excludes halogenated alkanes) is 6. The zero-order valence-corrected chi connectivity index (χ0v) is 15.9. The summed E-state index contributed by atoms with van der Waals surface area (Å²) < 4.78 is 10.8. The van der Waals surface area contributed by atoms with Gasteiger partial charge in [0.15, 0.2) is 11.5 Å². The summed E-state index contributed by atoms with van der Waals surface area (Å²) >= 11 is 0. The number of hydrogen-bond donors (Lipinski definition) is 0. The second-order valence-corrected chi connectivity index (χ2v) is 6.27. The van der Waals surface area contributed by atoms with Crippen LogP contribution in [0.15, 0.2) is 18.2 Å². The van der Waals surface area contributed by atoms with Crippen molar-refractivity contribution in [3.8, 4) is 11.5 Å². The van der Waals surface area contributed by atoms with Crippen molar-refractivity contribution in [3.63, 3.8) is 0 Å². The summed E-state index contributed by atoms with van der Waals surface area (Å²) in [6.45, 7) is 5.71. The molecule has 1 aromatic rings. The standard InChI is InChI=1S/C21H32O4/c1-4-7-8-9-10-11-12-14-17-15-13-16-18(24-19(22)5-2)21(17)25-20(23)6-3/h13,15-16H,4-12,14H2,1-3H3. The second kappa shape index (κ2) is 12.5. The lowest BCUT2D eigenvalue weighted by atomic mass is 10.0. The zero-order valence-electron chi connectivity index (χ0n) is 15.9. The van der Waals surface area contributed by atoms with Gasteiger partial charge in [-0.05, 0) is 24.5 Å². The Morgan fingerprint density at radius 1 is 0.800 bits per heavy atom. The van der Waals surface area contributed by atoms with Crippen molar-refractivity contribution >= 4 is 11.9 Å². The summed E-state index contributed by atoms with van der Waals surface area (Å²) in [7, 11) is 0. The molecule has 4 heteroatoms. The largest absolute Gasteiger partial charge is 0.423 e. The normalized spacial score (nSPS) is 10.5. The van der Waals surface area contributed by atoms with Gasteiger partial charge in [-0.1, -0.05) is 71.4 Å². The molecule has 0 aromatic heterocycles. The van der Waals surface area contributed by atoms with Crippen LogP contribution in [0, 0.1) is 0 Å². The third-order valence-corrected chi connectivity index (χ3v) is 4.13. The molecule has 0 aliphatic carbocycles. The van der Waals surface area contributed by atoms with Gasteiger partial charge in [-0.15, -0.1) is 0 Å². The molecule has 0 saturated heterocycles. The van der Waals surface area contributed by atoms with Crippen LogP contribution in [0.4, 0.5) is 0 Å². The summed E-state index contributed by atoms with van der Waals surface area (Å²) in [5.74, 6) is 0.0962. The number of para-hydroxylation sites is 1. The van der Waals surface area contributed by atoms with Crippen LogP contribution in [-0.4, -0.2) is 11.9 Å². The SMILES string of the molecule is CCCCCCCCCc1cccc(OC(=O)CC)c1OC(=O)CC. The minimum absolute atomic E-state index is 0.281. The van der Waals surface area contributed by atoms with Crippen LogP contribution >= 0.6 is 0 Å². The molecule has 0 N–H and O–H groups in total. The van der Waals surface area contributed by atoms with Crippen LogP contribution in [-0.2, 0) is 16.0 Å². The lowest BCUT2D eigenvalue weighted by molar-refractivity contribution is -0.136. The van der Waals surface area contributed by atoms with Crippen LogP contribution in [0.25, 0.3) is 0 Å². The first-order chi connectivity index (χ1) is 12.1. The highest BCUT2D eigenvalue weighted by Crippen LogP contribution is 2.33. The van der Waals surface area contributed by atoms with Crippen molar-refractivity contribution in [2.75, 3.05) is 0 Å². The number of ether oxygens (including phenoxy) is 2. The smallest absolute Gasteiger partial charge is 0.311 e. The third kappa shape index (κ3) is 8.19. The fourth-order valence-corrected chi connectivity index (χ4v) is 2.61. The fraction of sp³-hybridized carbons (Fsp3) is 0.619. The number of esters is 2. The van der Waals surface area contributed by atoms with E-state index in [4.69, 9.17) is 9.47 Å². The van der Waals surface area contributed by atoms with Crippen LogP contribution in [0.5, 0.6) is 11.5 Å². The summed E-state index contributed by atoms with van der Waals surface area (Å²) in [6, 6.07) is 5.47. The zero-order chi connectivity index (χ0) is 18.5. The molecule has 4 nitrogen and oxygen atoms in total. The van der Waals surface area contributed by atoms with E-state index >= 15 is 0 Å². The lowest BCUT2D eigenvalue weighted by Crippen LogP contribution is -2.12. The second-order valence-electron chi connectivity index (χ2n) is 6.27. The van der Waals surface area contributed by atoms with Crippen molar-refractivity contribution in [1.29, 1.82) is 0 Å². The van der Waals surface area contributed by atoms with Crippen molar-refractivity contribution in [1.82, 2.24) is 0 Å². The first-order valence-electron chi connectivity index (χ1n) is 9.65. The maximum atomic E-state index is 11.8. The molecule has 0 heterocycles. The highest BCUT2D eigenvalue weighted by Gasteiger charge is 2.16. The molecule has 0 fully saturated rings. The summed E-state index contributed by atoms with van der Waals surface area (Å²) in [5.41, 5.74) is 0.928. The van der Waals surface area contributed by atoms with Gasteiger partial charge in [0, 0.05) is 12.8 Å². The number of carbonyl (C=O) groups is 2. The Morgan fingerprint density at radius 2 is 1.40 bits per heavy atom. The molecular weight excluding hydrogens is 316 g/mol. The van der Waals surface area contributed by atoms with Gasteiger partial charge in [-0.2, -0.15) is 0 Å². The molecule has 0 spiro atoms. The number of benzene rings is 1. The van der Waals surface area contributed by atoms with Crippen molar-refractivity contribution in [2.45, 2.75) is 85.0 Å². The summed E-state index contributed by atoms with van der Waals surface area (Å²) in [6.07, 6.45) is 9.95. The van der Waals surface area contributed by atoms with Gasteiger partial charge < -0.3 is 9.47 Å². The van der Waals surface area contributed by atoms with E-state index in [1.165, 1.54) is 32.1 Å². The predicted molar refractivity (Wildman–Crippen MR) is 100.0 cm³/mol. The maximum Gasteiger partial charge on any atom is 0.311 e. The molecule has 0 atom stereocenters. The van der Waals surface area contributed by atoms with Gasteiger partial charge in [0.1, 0.15) is 0 Å². The van der Waals surface area contributed by atoms with Crippen LogP contribution in [0.3, 0.4) is 0 Å². The molecule has 0 radical (unpaired) electrons. The van der Waals surface area contributed by atoms with Gasteiger partial charge in [-0.25, -0.2) is 0 Å². The molecule has 25 heavy (non-hydrogen) atoms. The Balaban J connectivity index is 2.70. The summed E-state index contributed by atoms with van der Waals surface area (Å²) in [5, 5.41) is 0. The van der Waals surface area contributed by atoms with Gasteiger partial charge >= 0.3 is 11.9 Å². The molecule has 1 rings (SSSR count). The molecule has 0 saturated carbocycles. The molecule has 0 amide bonds. The minimum Gasteiger partial charge on any atom is -0.423 e. The fourth-order valence-electron chi connectivity index (χ4n) is 2.61. The Kier molecular flexibility index (Phi) is 10.6. The van der Waals surface area contributed by atoms with Gasteiger partial charge in [0.05, 0.1) is 0 Å². The highest BCUT2D eigenvalue weighted by molar-refractivity contribution is 5.76. The third-order valence-electron chi connectivity index (χ3n) is 4.13. The number of hydrogen-bond acceptors (Lipinski definition) is 4. The van der Waals surface area contributed by atoms with Crippen LogP contribution in [0.2, 0.25) is 0 Å². The molecule has 0 unspecified atom stereocenters. The van der Waals surface area contributed by atoms with Crippen LogP contribution in [0.1, 0.15) is 84.1 Å². The maximum absolute atomic E-state index is 11.8. The van der Waals surface area contributed by atoms with Gasteiger partial charge in [0.2, 0.25) is 0 Å². The Hall–Kier alpha value is -1.84. The Bertz CT molecular complexity index is 537. The average molecular weight is 348 g/mol. The molecule has 0 bridgehead atoms. The van der Waals surface area contributed by atoms with Gasteiger partial charge in [-0.3, -0.25) is 9.59 Å². The summed E-state index contributed by atoms with van der Waals surface area (Å²) in [4.78, 5) is 23.4. The minimum atomic E-state index is -0.332. The van der Waals surface area contributed by atoms with E-state index in [1.54, 1.807) is 19.9 Å². The molecular formula is C21H32O4. The van der Waals surface area contributed by atoms with E-state index in [0.717, 1.165) is 24.8 Å². The van der Waals surface area contributed by atoms with E-state index in [0.29, 0.717) is 11.5 Å². The number of rotatable bonds is 12. The molecule has 0 aliphatic rings. The van der Waals surface area contributed by atoms with E-state index < -0.39 is 0 Å². The van der Waals surface area contributed by atoms with Crippen LogP contribution < -0.4 is 9.47 Å². The monoisotopic (exact) mass is 348 g/mol. The number of aryl methyl sites for hydroxylation is 1. The topological polar surface area (TPSA) is 52.6 Å². The van der Waals surface area contributed by atoms with Crippen molar-refractivity contribution in [3.05, 3.63) is 23.8 Å². The van der Waals surface area contributed by atoms with Crippen molar-refractivity contribution < 1.29 is 19.1 Å². The molecule has 1 aromatic carbocycles. The predicted octanol–water partition coefficient (Wildman–Crippen LogP) is 5.61.